The van der Waals surface area contributed by atoms with Crippen LogP contribution < -0.4 is 0 Å². The van der Waals surface area contributed by atoms with E-state index in [0.29, 0.717) is 5.56 Å². The van der Waals surface area contributed by atoms with Gasteiger partial charge in [0, 0.05) is 18.0 Å². The number of aromatic amines is 1. The molecule has 2 aromatic heterocycles. The number of ketones is 1. The molecule has 2 rings (SSSR count). The first-order valence-corrected chi connectivity index (χ1v) is 4.13. The summed E-state index contributed by atoms with van der Waals surface area (Å²) < 4.78 is 0. The van der Waals surface area contributed by atoms with E-state index in [9.17, 15) is 4.79 Å². The summed E-state index contributed by atoms with van der Waals surface area (Å²) in [6, 6.07) is 1.83. The molecule has 0 atom stereocenters. The third kappa shape index (κ3) is 1.22. The molecule has 0 fully saturated rings. The number of aromatic nitrogens is 2. The molecule has 0 saturated carbocycles. The van der Waals surface area contributed by atoms with Crippen molar-refractivity contribution < 1.29 is 4.79 Å². The maximum atomic E-state index is 11.0. The summed E-state index contributed by atoms with van der Waals surface area (Å²) in [6.07, 6.45) is 3.51. The highest BCUT2D eigenvalue weighted by atomic mass is 16.1. The van der Waals surface area contributed by atoms with E-state index in [1.54, 1.807) is 13.1 Å². The Kier molecular flexibility index (Phi) is 1.65. The van der Waals surface area contributed by atoms with Crippen LogP contribution in [0.15, 0.2) is 18.5 Å². The Balaban J connectivity index is 2.70. The quantitative estimate of drug-likeness (QED) is 0.673. The molecule has 3 nitrogen and oxygen atoms in total. The number of Topliss-reactive ketones (excluding diaryl/α,β-unsaturated/α-hetero) is 1. The molecule has 0 spiro atoms. The highest BCUT2D eigenvalue weighted by Gasteiger charge is 2.04. The van der Waals surface area contributed by atoms with Crippen molar-refractivity contribution in [2.75, 3.05) is 0 Å². The van der Waals surface area contributed by atoms with Crippen LogP contribution in [0, 0.1) is 6.92 Å². The van der Waals surface area contributed by atoms with Gasteiger partial charge in [0.15, 0.2) is 5.78 Å². The molecule has 0 saturated heterocycles. The molecule has 0 aliphatic carbocycles. The van der Waals surface area contributed by atoms with Gasteiger partial charge in [0.2, 0.25) is 0 Å². The van der Waals surface area contributed by atoms with Crippen LogP contribution in [0.3, 0.4) is 0 Å². The van der Waals surface area contributed by atoms with Crippen molar-refractivity contribution in [3.63, 3.8) is 0 Å². The zero-order valence-corrected chi connectivity index (χ0v) is 7.59. The van der Waals surface area contributed by atoms with Crippen LogP contribution in [0.25, 0.3) is 11.0 Å². The van der Waals surface area contributed by atoms with Gasteiger partial charge in [-0.15, -0.1) is 0 Å². The second-order valence-electron chi connectivity index (χ2n) is 3.15. The van der Waals surface area contributed by atoms with E-state index >= 15 is 0 Å². The Morgan fingerprint density at radius 1 is 1.54 bits per heavy atom. The van der Waals surface area contributed by atoms with Crippen LogP contribution >= 0.6 is 0 Å². The number of nitrogens with zero attached hydrogens (tertiary/aromatic N) is 1. The standard InChI is InChI=1S/C10H10N2O/c1-6-4-11-9-3-8(7(2)13)5-12-10(6)9/h3-5,11H,1-2H3. The molecule has 0 aliphatic rings. The summed E-state index contributed by atoms with van der Waals surface area (Å²) >= 11 is 0. The van der Waals surface area contributed by atoms with Crippen LogP contribution in [0.5, 0.6) is 0 Å². The van der Waals surface area contributed by atoms with Crippen molar-refractivity contribution in [1.29, 1.82) is 0 Å². The number of hydrogen-bond acceptors (Lipinski definition) is 2. The second-order valence-corrected chi connectivity index (χ2v) is 3.15. The normalized spacial score (nSPS) is 10.6. The highest BCUT2D eigenvalue weighted by molar-refractivity contribution is 5.96. The zero-order valence-electron chi connectivity index (χ0n) is 7.59. The first-order chi connectivity index (χ1) is 6.18. The Morgan fingerprint density at radius 3 is 3.00 bits per heavy atom. The van der Waals surface area contributed by atoms with Gasteiger partial charge in [-0.2, -0.15) is 0 Å². The lowest BCUT2D eigenvalue weighted by Crippen LogP contribution is -1.92. The summed E-state index contributed by atoms with van der Waals surface area (Å²) in [5.74, 6) is 0.0432. The van der Waals surface area contributed by atoms with Gasteiger partial charge in [-0.05, 0) is 25.5 Å². The number of fused-ring (bicyclic) bond motifs is 1. The van der Waals surface area contributed by atoms with Crippen molar-refractivity contribution in [3.05, 3.63) is 29.6 Å². The molecular formula is C10H10N2O. The topological polar surface area (TPSA) is 45.8 Å². The Hall–Kier alpha value is -1.64. The number of carbonyl (C=O) groups is 1. The number of aryl methyl sites for hydroxylation is 1. The average molecular weight is 174 g/mol. The molecule has 2 heterocycles. The van der Waals surface area contributed by atoms with Gasteiger partial charge >= 0.3 is 0 Å². The van der Waals surface area contributed by atoms with E-state index in [1.807, 2.05) is 19.2 Å². The number of hydrogen-bond donors (Lipinski definition) is 1. The number of pyridine rings is 1. The van der Waals surface area contributed by atoms with Crippen molar-refractivity contribution in [1.82, 2.24) is 9.97 Å². The molecule has 2 aromatic rings. The van der Waals surface area contributed by atoms with Gasteiger partial charge in [0.25, 0.3) is 0 Å². The maximum absolute atomic E-state index is 11.0. The van der Waals surface area contributed by atoms with Gasteiger partial charge in [-0.3, -0.25) is 9.78 Å². The minimum Gasteiger partial charge on any atom is -0.360 e. The van der Waals surface area contributed by atoms with Crippen LogP contribution in [-0.4, -0.2) is 15.8 Å². The largest absolute Gasteiger partial charge is 0.360 e. The van der Waals surface area contributed by atoms with Gasteiger partial charge in [-0.25, -0.2) is 0 Å². The van der Waals surface area contributed by atoms with Crippen molar-refractivity contribution in [3.8, 4) is 0 Å². The summed E-state index contributed by atoms with van der Waals surface area (Å²) in [5.41, 5.74) is 3.61. The fourth-order valence-corrected chi connectivity index (χ4v) is 1.34. The Bertz CT molecular complexity index is 471. The van der Waals surface area contributed by atoms with E-state index in [0.717, 1.165) is 16.6 Å². The third-order valence-corrected chi connectivity index (χ3v) is 2.11. The Labute approximate surface area is 75.8 Å². The molecule has 3 heteroatoms. The van der Waals surface area contributed by atoms with Crippen molar-refractivity contribution in [2.45, 2.75) is 13.8 Å². The molecule has 0 aromatic carbocycles. The Morgan fingerprint density at radius 2 is 2.31 bits per heavy atom. The molecule has 1 N–H and O–H groups in total. The number of nitrogens with one attached hydrogen (secondary N) is 1. The average Bonchev–Trinajstić information content (AvgIpc) is 2.47. The molecule has 0 bridgehead atoms. The molecule has 0 aliphatic heterocycles. The second kappa shape index (κ2) is 2.69. The first kappa shape index (κ1) is 7.98. The van der Waals surface area contributed by atoms with E-state index in [2.05, 4.69) is 9.97 Å². The molecule has 0 amide bonds. The van der Waals surface area contributed by atoms with Gasteiger partial charge in [0.05, 0.1) is 11.0 Å². The van der Waals surface area contributed by atoms with E-state index in [4.69, 9.17) is 0 Å². The number of rotatable bonds is 1. The van der Waals surface area contributed by atoms with E-state index in [1.165, 1.54) is 0 Å². The fourth-order valence-electron chi connectivity index (χ4n) is 1.34. The summed E-state index contributed by atoms with van der Waals surface area (Å²) in [7, 11) is 0. The molecular weight excluding hydrogens is 164 g/mol. The van der Waals surface area contributed by atoms with E-state index in [-0.39, 0.29) is 5.78 Å². The van der Waals surface area contributed by atoms with Crippen LogP contribution in [0.2, 0.25) is 0 Å². The first-order valence-electron chi connectivity index (χ1n) is 4.13. The molecule has 66 valence electrons. The van der Waals surface area contributed by atoms with Crippen molar-refractivity contribution >= 4 is 16.8 Å². The van der Waals surface area contributed by atoms with E-state index < -0.39 is 0 Å². The minimum absolute atomic E-state index is 0.0432. The smallest absolute Gasteiger partial charge is 0.161 e. The summed E-state index contributed by atoms with van der Waals surface area (Å²) in [5, 5.41) is 0. The maximum Gasteiger partial charge on any atom is 0.161 e. The highest BCUT2D eigenvalue weighted by Crippen LogP contribution is 2.15. The van der Waals surface area contributed by atoms with Crippen LogP contribution in [-0.2, 0) is 0 Å². The molecule has 0 unspecified atom stereocenters. The lowest BCUT2D eigenvalue weighted by atomic mass is 10.2. The summed E-state index contributed by atoms with van der Waals surface area (Å²) in [6.45, 7) is 3.53. The van der Waals surface area contributed by atoms with Gasteiger partial charge in [-0.1, -0.05) is 0 Å². The van der Waals surface area contributed by atoms with Crippen LogP contribution in [0.1, 0.15) is 22.8 Å². The third-order valence-electron chi connectivity index (χ3n) is 2.11. The minimum atomic E-state index is 0.0432. The van der Waals surface area contributed by atoms with Crippen LogP contribution in [0.4, 0.5) is 0 Å². The lowest BCUT2D eigenvalue weighted by Gasteiger charge is -1.94. The zero-order chi connectivity index (χ0) is 9.42. The van der Waals surface area contributed by atoms with Gasteiger partial charge < -0.3 is 4.98 Å². The number of carbonyl (C=O) groups excluding carboxylic acids is 1. The predicted octanol–water partition coefficient (Wildman–Crippen LogP) is 2.07. The predicted molar refractivity (Wildman–Crippen MR) is 50.8 cm³/mol. The SMILES string of the molecule is CC(=O)c1cnc2c(C)c[nH]c2c1. The fraction of sp³-hybridized carbons (Fsp3) is 0.200. The number of H-pyrrole nitrogens is 1. The van der Waals surface area contributed by atoms with Gasteiger partial charge in [0.1, 0.15) is 0 Å². The summed E-state index contributed by atoms with van der Waals surface area (Å²) in [4.78, 5) is 18.3. The molecule has 0 radical (unpaired) electrons. The van der Waals surface area contributed by atoms with Crippen molar-refractivity contribution in [2.24, 2.45) is 0 Å². The monoisotopic (exact) mass is 174 g/mol. The lowest BCUT2D eigenvalue weighted by molar-refractivity contribution is 0.101. The molecule has 13 heavy (non-hydrogen) atoms.